The van der Waals surface area contributed by atoms with E-state index in [-0.39, 0.29) is 17.5 Å². The number of nitro groups is 1. The molecular weight excluding hydrogens is 402 g/mol. The van der Waals surface area contributed by atoms with Crippen LogP contribution in [0.5, 0.6) is 0 Å². The van der Waals surface area contributed by atoms with Gasteiger partial charge in [0, 0.05) is 36.8 Å². The SMILES string of the molecule is Cc1cc([N+](=O)[O-])ccc1NC(=O)C1CCN(c2ccc(-c3cccs3)nn2)CC1. The van der Waals surface area contributed by atoms with Crippen LogP contribution < -0.4 is 10.2 Å². The van der Waals surface area contributed by atoms with Crippen molar-refractivity contribution in [1.82, 2.24) is 10.2 Å². The third kappa shape index (κ3) is 4.30. The van der Waals surface area contributed by atoms with E-state index in [4.69, 9.17) is 0 Å². The molecule has 3 aromatic rings. The van der Waals surface area contributed by atoms with Crippen LogP contribution in [0.1, 0.15) is 18.4 Å². The number of non-ortho nitro benzene ring substituents is 1. The van der Waals surface area contributed by atoms with Gasteiger partial charge in [0.1, 0.15) is 5.69 Å². The number of aromatic nitrogens is 2. The number of hydrogen-bond donors (Lipinski definition) is 1. The Bertz CT molecular complexity index is 1050. The summed E-state index contributed by atoms with van der Waals surface area (Å²) in [5.41, 5.74) is 2.17. The molecule has 1 aromatic carbocycles. The second-order valence-electron chi connectivity index (χ2n) is 7.26. The lowest BCUT2D eigenvalue weighted by Crippen LogP contribution is -2.38. The lowest BCUT2D eigenvalue weighted by atomic mass is 9.95. The number of aryl methyl sites for hydroxylation is 1. The first-order valence-corrected chi connectivity index (χ1v) is 10.6. The lowest BCUT2D eigenvalue weighted by molar-refractivity contribution is -0.384. The van der Waals surface area contributed by atoms with Crippen molar-refractivity contribution in [3.05, 3.63) is 63.5 Å². The van der Waals surface area contributed by atoms with Crippen molar-refractivity contribution in [2.24, 2.45) is 5.92 Å². The van der Waals surface area contributed by atoms with Gasteiger partial charge in [-0.1, -0.05) is 6.07 Å². The van der Waals surface area contributed by atoms with Gasteiger partial charge in [-0.05, 0) is 55.0 Å². The highest BCUT2D eigenvalue weighted by Crippen LogP contribution is 2.27. The van der Waals surface area contributed by atoms with E-state index in [1.165, 1.54) is 12.1 Å². The summed E-state index contributed by atoms with van der Waals surface area (Å²) in [4.78, 5) is 26.3. The molecule has 154 valence electrons. The molecule has 0 spiro atoms. The van der Waals surface area contributed by atoms with Crippen LogP contribution in [-0.2, 0) is 4.79 Å². The first-order valence-electron chi connectivity index (χ1n) is 9.70. The fraction of sp³-hybridized carbons (Fsp3) is 0.286. The lowest BCUT2D eigenvalue weighted by Gasteiger charge is -2.31. The summed E-state index contributed by atoms with van der Waals surface area (Å²) < 4.78 is 0. The summed E-state index contributed by atoms with van der Waals surface area (Å²) in [5, 5.41) is 24.5. The molecule has 1 saturated heterocycles. The van der Waals surface area contributed by atoms with E-state index in [0.29, 0.717) is 24.1 Å². The Morgan fingerprint density at radius 3 is 2.60 bits per heavy atom. The van der Waals surface area contributed by atoms with E-state index in [1.807, 2.05) is 29.6 Å². The van der Waals surface area contributed by atoms with E-state index in [2.05, 4.69) is 20.4 Å². The second-order valence-corrected chi connectivity index (χ2v) is 8.21. The summed E-state index contributed by atoms with van der Waals surface area (Å²) in [6.45, 7) is 3.21. The molecule has 0 bridgehead atoms. The average molecular weight is 423 g/mol. The first-order chi connectivity index (χ1) is 14.5. The normalized spacial score (nSPS) is 14.5. The van der Waals surface area contributed by atoms with Gasteiger partial charge in [0.05, 0.1) is 9.80 Å². The van der Waals surface area contributed by atoms with Gasteiger partial charge in [-0.3, -0.25) is 14.9 Å². The van der Waals surface area contributed by atoms with Gasteiger partial charge in [0.25, 0.3) is 5.69 Å². The number of nitro benzene ring substituents is 1. The fourth-order valence-electron chi connectivity index (χ4n) is 3.56. The number of carbonyl (C=O) groups is 1. The number of benzene rings is 1. The van der Waals surface area contributed by atoms with Crippen LogP contribution in [0.15, 0.2) is 47.8 Å². The predicted octanol–water partition coefficient (Wildman–Crippen LogP) is 4.28. The number of amides is 1. The molecule has 3 heterocycles. The zero-order chi connectivity index (χ0) is 21.1. The van der Waals surface area contributed by atoms with E-state index in [0.717, 1.165) is 29.5 Å². The van der Waals surface area contributed by atoms with Crippen LogP contribution in [0.4, 0.5) is 17.2 Å². The average Bonchev–Trinajstić information content (AvgIpc) is 3.30. The van der Waals surface area contributed by atoms with Crippen molar-refractivity contribution in [3.63, 3.8) is 0 Å². The van der Waals surface area contributed by atoms with Gasteiger partial charge in [-0.25, -0.2) is 0 Å². The number of nitrogens with zero attached hydrogens (tertiary/aromatic N) is 4. The Morgan fingerprint density at radius 2 is 2.00 bits per heavy atom. The molecule has 0 saturated carbocycles. The largest absolute Gasteiger partial charge is 0.355 e. The van der Waals surface area contributed by atoms with E-state index in [1.54, 1.807) is 24.3 Å². The number of thiophene rings is 1. The minimum atomic E-state index is -0.440. The molecule has 1 amide bonds. The Balaban J connectivity index is 1.34. The second kappa shape index (κ2) is 8.58. The van der Waals surface area contributed by atoms with Gasteiger partial charge in [-0.2, -0.15) is 0 Å². The summed E-state index contributed by atoms with van der Waals surface area (Å²) in [6, 6.07) is 12.4. The number of carbonyl (C=O) groups excluding carboxylic acids is 1. The molecule has 0 atom stereocenters. The molecule has 1 fully saturated rings. The standard InChI is InChI=1S/C21H21N5O3S/c1-14-13-16(26(28)29)4-5-17(14)22-21(27)15-8-10-25(11-9-15)20-7-6-18(23-24-20)19-3-2-12-30-19/h2-7,12-13,15H,8-11H2,1H3,(H,22,27). The Morgan fingerprint density at radius 1 is 1.20 bits per heavy atom. The maximum atomic E-state index is 12.7. The molecule has 1 aliphatic rings. The van der Waals surface area contributed by atoms with E-state index >= 15 is 0 Å². The maximum Gasteiger partial charge on any atom is 0.269 e. The zero-order valence-electron chi connectivity index (χ0n) is 16.4. The van der Waals surface area contributed by atoms with Crippen molar-refractivity contribution < 1.29 is 9.72 Å². The minimum Gasteiger partial charge on any atom is -0.355 e. The van der Waals surface area contributed by atoms with Gasteiger partial charge >= 0.3 is 0 Å². The van der Waals surface area contributed by atoms with Crippen molar-refractivity contribution in [3.8, 4) is 10.6 Å². The Kier molecular flexibility index (Phi) is 5.71. The molecule has 30 heavy (non-hydrogen) atoms. The smallest absolute Gasteiger partial charge is 0.269 e. The van der Waals surface area contributed by atoms with Crippen molar-refractivity contribution in [2.75, 3.05) is 23.3 Å². The molecule has 0 radical (unpaired) electrons. The first kappa shape index (κ1) is 20.0. The van der Waals surface area contributed by atoms with E-state index in [9.17, 15) is 14.9 Å². The molecule has 4 rings (SSSR count). The Labute approximate surface area is 177 Å². The predicted molar refractivity (Wildman–Crippen MR) is 117 cm³/mol. The third-order valence-corrected chi connectivity index (χ3v) is 6.18. The molecule has 9 heteroatoms. The van der Waals surface area contributed by atoms with Crippen molar-refractivity contribution >= 4 is 34.4 Å². The summed E-state index contributed by atoms with van der Waals surface area (Å²) in [6.07, 6.45) is 1.43. The highest BCUT2D eigenvalue weighted by Gasteiger charge is 2.26. The van der Waals surface area contributed by atoms with Gasteiger partial charge in [0.15, 0.2) is 5.82 Å². The maximum absolute atomic E-state index is 12.7. The van der Waals surface area contributed by atoms with Crippen molar-refractivity contribution in [2.45, 2.75) is 19.8 Å². The Hall–Kier alpha value is -3.33. The molecule has 0 unspecified atom stereocenters. The van der Waals surface area contributed by atoms with Crippen LogP contribution in [0, 0.1) is 23.0 Å². The molecule has 8 nitrogen and oxygen atoms in total. The minimum absolute atomic E-state index is 0.0185. The van der Waals surface area contributed by atoms with Crippen LogP contribution in [0.25, 0.3) is 10.6 Å². The molecule has 1 aliphatic heterocycles. The van der Waals surface area contributed by atoms with Gasteiger partial charge in [-0.15, -0.1) is 21.5 Å². The topological polar surface area (TPSA) is 101 Å². The zero-order valence-corrected chi connectivity index (χ0v) is 17.3. The van der Waals surface area contributed by atoms with Crippen LogP contribution >= 0.6 is 11.3 Å². The number of nitrogens with one attached hydrogen (secondary N) is 1. The van der Waals surface area contributed by atoms with Gasteiger partial charge in [0.2, 0.25) is 5.91 Å². The van der Waals surface area contributed by atoms with E-state index < -0.39 is 4.92 Å². The van der Waals surface area contributed by atoms with Gasteiger partial charge < -0.3 is 10.2 Å². The quantitative estimate of drug-likeness (QED) is 0.486. The molecule has 0 aliphatic carbocycles. The van der Waals surface area contributed by atoms with Crippen LogP contribution in [-0.4, -0.2) is 34.1 Å². The van der Waals surface area contributed by atoms with Crippen LogP contribution in [0.3, 0.4) is 0 Å². The summed E-state index contributed by atoms with van der Waals surface area (Å²) in [5.74, 6) is 0.667. The summed E-state index contributed by atoms with van der Waals surface area (Å²) >= 11 is 1.63. The molecule has 2 aromatic heterocycles. The third-order valence-electron chi connectivity index (χ3n) is 5.29. The highest BCUT2D eigenvalue weighted by molar-refractivity contribution is 7.13. The van der Waals surface area contributed by atoms with Crippen LogP contribution in [0.2, 0.25) is 0 Å². The highest BCUT2D eigenvalue weighted by atomic mass is 32.1. The fourth-order valence-corrected chi connectivity index (χ4v) is 4.25. The number of piperidine rings is 1. The summed E-state index contributed by atoms with van der Waals surface area (Å²) in [7, 11) is 0. The monoisotopic (exact) mass is 423 g/mol. The number of rotatable bonds is 5. The molecular formula is C21H21N5O3S. The molecule has 1 N–H and O–H groups in total. The number of anilines is 2. The van der Waals surface area contributed by atoms with Crippen molar-refractivity contribution in [1.29, 1.82) is 0 Å². The number of hydrogen-bond acceptors (Lipinski definition) is 7.